The standard InChI is InChI=1S/C21H25N5O2/c1-14-5-2-7-16(23-14)19(27)24-15-6-4-10-21(13-15)11-12-26(20(21)28)18-9-3-8-17(22)25-18/h2-3,5,7-9,15H,4,6,10-13H2,1H3,(H2,22,25)(H,24,27)/t15-,21-/m0/s1. The summed E-state index contributed by atoms with van der Waals surface area (Å²) in [5, 5.41) is 3.09. The summed E-state index contributed by atoms with van der Waals surface area (Å²) >= 11 is 0. The highest BCUT2D eigenvalue weighted by molar-refractivity contribution is 5.99. The number of amides is 2. The highest BCUT2D eigenvalue weighted by Gasteiger charge is 2.50. The first-order valence-corrected chi connectivity index (χ1v) is 9.76. The van der Waals surface area contributed by atoms with Gasteiger partial charge in [-0.2, -0.15) is 0 Å². The minimum Gasteiger partial charge on any atom is -0.384 e. The maximum absolute atomic E-state index is 13.3. The van der Waals surface area contributed by atoms with Crippen molar-refractivity contribution >= 4 is 23.5 Å². The Labute approximate surface area is 164 Å². The van der Waals surface area contributed by atoms with Crippen LogP contribution in [0.5, 0.6) is 0 Å². The Hall–Kier alpha value is -2.96. The van der Waals surface area contributed by atoms with Gasteiger partial charge in [-0.3, -0.25) is 14.5 Å². The molecular weight excluding hydrogens is 354 g/mol. The van der Waals surface area contributed by atoms with Crippen LogP contribution in [0.3, 0.4) is 0 Å². The van der Waals surface area contributed by atoms with Crippen LogP contribution in [0.2, 0.25) is 0 Å². The Morgan fingerprint density at radius 2 is 2.04 bits per heavy atom. The fourth-order valence-electron chi connectivity index (χ4n) is 4.47. The van der Waals surface area contributed by atoms with Crippen LogP contribution in [0.1, 0.15) is 48.3 Å². The van der Waals surface area contributed by atoms with E-state index in [2.05, 4.69) is 15.3 Å². The van der Waals surface area contributed by atoms with Gasteiger partial charge in [-0.05, 0) is 56.9 Å². The molecule has 2 atom stereocenters. The van der Waals surface area contributed by atoms with Crippen LogP contribution in [-0.4, -0.2) is 34.4 Å². The van der Waals surface area contributed by atoms with E-state index in [0.717, 1.165) is 31.4 Å². The van der Waals surface area contributed by atoms with E-state index in [9.17, 15) is 9.59 Å². The van der Waals surface area contributed by atoms with Gasteiger partial charge in [-0.15, -0.1) is 0 Å². The highest BCUT2D eigenvalue weighted by atomic mass is 16.2. The predicted molar refractivity (Wildman–Crippen MR) is 107 cm³/mol. The van der Waals surface area contributed by atoms with Crippen LogP contribution in [0.25, 0.3) is 0 Å². The summed E-state index contributed by atoms with van der Waals surface area (Å²) in [7, 11) is 0. The van der Waals surface area contributed by atoms with E-state index < -0.39 is 5.41 Å². The number of nitrogens with one attached hydrogen (secondary N) is 1. The fraction of sp³-hybridized carbons (Fsp3) is 0.429. The molecule has 2 fully saturated rings. The summed E-state index contributed by atoms with van der Waals surface area (Å²) in [4.78, 5) is 36.2. The van der Waals surface area contributed by atoms with Gasteiger partial charge in [-0.25, -0.2) is 9.97 Å². The third-order valence-corrected chi connectivity index (χ3v) is 5.85. The average Bonchev–Trinajstić information content (AvgIpc) is 2.97. The number of carbonyl (C=O) groups is 2. The maximum atomic E-state index is 13.3. The van der Waals surface area contributed by atoms with Crippen molar-refractivity contribution in [2.24, 2.45) is 5.41 Å². The molecule has 1 saturated carbocycles. The largest absolute Gasteiger partial charge is 0.384 e. The number of anilines is 2. The van der Waals surface area contributed by atoms with Crippen molar-refractivity contribution in [3.8, 4) is 0 Å². The zero-order chi connectivity index (χ0) is 19.7. The van der Waals surface area contributed by atoms with Gasteiger partial charge in [0.2, 0.25) is 5.91 Å². The quantitative estimate of drug-likeness (QED) is 0.853. The van der Waals surface area contributed by atoms with Crippen LogP contribution in [0.4, 0.5) is 11.6 Å². The number of pyridine rings is 2. The number of hydrogen-bond acceptors (Lipinski definition) is 5. The molecule has 4 rings (SSSR count). The molecule has 0 aromatic carbocycles. The third-order valence-electron chi connectivity index (χ3n) is 5.85. The van der Waals surface area contributed by atoms with E-state index >= 15 is 0 Å². The van der Waals surface area contributed by atoms with E-state index in [1.807, 2.05) is 31.2 Å². The summed E-state index contributed by atoms with van der Waals surface area (Å²) in [6, 6.07) is 10.7. The van der Waals surface area contributed by atoms with Crippen molar-refractivity contribution in [3.63, 3.8) is 0 Å². The zero-order valence-electron chi connectivity index (χ0n) is 16.0. The second-order valence-electron chi connectivity index (χ2n) is 7.84. The van der Waals surface area contributed by atoms with Gasteiger partial charge >= 0.3 is 0 Å². The van der Waals surface area contributed by atoms with Gasteiger partial charge in [-0.1, -0.05) is 18.6 Å². The smallest absolute Gasteiger partial charge is 0.270 e. The molecule has 1 saturated heterocycles. The Morgan fingerprint density at radius 3 is 2.82 bits per heavy atom. The van der Waals surface area contributed by atoms with Crippen LogP contribution in [0.15, 0.2) is 36.4 Å². The summed E-state index contributed by atoms with van der Waals surface area (Å²) < 4.78 is 0. The topological polar surface area (TPSA) is 101 Å². The second kappa shape index (κ2) is 7.22. The molecular formula is C21H25N5O2. The number of hydrogen-bond donors (Lipinski definition) is 2. The first kappa shape index (κ1) is 18.4. The molecule has 1 aliphatic heterocycles. The summed E-state index contributed by atoms with van der Waals surface area (Å²) in [5.41, 5.74) is 6.58. The molecule has 146 valence electrons. The van der Waals surface area contributed by atoms with Gasteiger partial charge < -0.3 is 11.1 Å². The molecule has 2 amide bonds. The predicted octanol–water partition coefficient (Wildman–Crippen LogP) is 2.46. The molecule has 0 unspecified atom stereocenters. The third kappa shape index (κ3) is 3.44. The number of aryl methyl sites for hydroxylation is 1. The number of nitrogen functional groups attached to an aromatic ring is 1. The highest BCUT2D eigenvalue weighted by Crippen LogP contribution is 2.45. The molecule has 3 N–H and O–H groups in total. The summed E-state index contributed by atoms with van der Waals surface area (Å²) in [6.45, 7) is 2.50. The molecule has 1 spiro atoms. The molecule has 28 heavy (non-hydrogen) atoms. The van der Waals surface area contributed by atoms with Crippen molar-refractivity contribution in [1.82, 2.24) is 15.3 Å². The van der Waals surface area contributed by atoms with Crippen LogP contribution >= 0.6 is 0 Å². The molecule has 1 aliphatic carbocycles. The first-order chi connectivity index (χ1) is 13.5. The van der Waals surface area contributed by atoms with E-state index in [-0.39, 0.29) is 17.9 Å². The van der Waals surface area contributed by atoms with Gasteiger partial charge in [0.25, 0.3) is 5.91 Å². The lowest BCUT2D eigenvalue weighted by Crippen LogP contribution is -2.46. The second-order valence-corrected chi connectivity index (χ2v) is 7.84. The van der Waals surface area contributed by atoms with Crippen LogP contribution in [0, 0.1) is 12.3 Å². The van der Waals surface area contributed by atoms with Crippen molar-refractivity contribution in [2.45, 2.75) is 45.1 Å². The van der Waals surface area contributed by atoms with Crippen molar-refractivity contribution in [2.75, 3.05) is 17.2 Å². The van der Waals surface area contributed by atoms with Gasteiger partial charge in [0.15, 0.2) is 0 Å². The first-order valence-electron chi connectivity index (χ1n) is 9.76. The average molecular weight is 379 g/mol. The lowest BCUT2D eigenvalue weighted by Gasteiger charge is -2.36. The number of carbonyl (C=O) groups excluding carboxylic acids is 2. The minimum atomic E-state index is -0.428. The van der Waals surface area contributed by atoms with Crippen molar-refractivity contribution < 1.29 is 9.59 Å². The molecule has 0 radical (unpaired) electrons. The number of nitrogens with zero attached hydrogens (tertiary/aromatic N) is 3. The van der Waals surface area contributed by atoms with Gasteiger partial charge in [0.1, 0.15) is 17.3 Å². The number of aromatic nitrogens is 2. The van der Waals surface area contributed by atoms with Gasteiger partial charge in [0, 0.05) is 18.3 Å². The Balaban J connectivity index is 1.47. The number of rotatable bonds is 3. The Kier molecular flexibility index (Phi) is 4.75. The summed E-state index contributed by atoms with van der Waals surface area (Å²) in [6.07, 6.45) is 4.07. The molecule has 2 aliphatic rings. The summed E-state index contributed by atoms with van der Waals surface area (Å²) in [5.74, 6) is 0.937. The fourth-order valence-corrected chi connectivity index (χ4v) is 4.47. The van der Waals surface area contributed by atoms with E-state index in [4.69, 9.17) is 5.73 Å². The van der Waals surface area contributed by atoms with E-state index in [0.29, 0.717) is 30.3 Å². The van der Waals surface area contributed by atoms with E-state index in [1.54, 1.807) is 17.0 Å². The van der Waals surface area contributed by atoms with Crippen molar-refractivity contribution in [3.05, 3.63) is 47.8 Å². The SMILES string of the molecule is Cc1cccc(C(=O)N[C@H]2CCC[C@]3(CCN(c4cccc(N)n4)C3=O)C2)n1. The van der Waals surface area contributed by atoms with E-state index in [1.165, 1.54) is 0 Å². The number of nitrogens with two attached hydrogens (primary N) is 1. The zero-order valence-corrected chi connectivity index (χ0v) is 16.0. The molecule has 7 heteroatoms. The molecule has 0 bridgehead atoms. The van der Waals surface area contributed by atoms with Crippen LogP contribution < -0.4 is 16.0 Å². The van der Waals surface area contributed by atoms with Crippen molar-refractivity contribution in [1.29, 1.82) is 0 Å². The molecule has 7 nitrogen and oxygen atoms in total. The normalized spacial score (nSPS) is 24.5. The molecule has 2 aromatic rings. The Bertz CT molecular complexity index is 915. The van der Waals surface area contributed by atoms with Gasteiger partial charge in [0.05, 0.1) is 5.41 Å². The lowest BCUT2D eigenvalue weighted by molar-refractivity contribution is -0.127. The monoisotopic (exact) mass is 379 g/mol. The maximum Gasteiger partial charge on any atom is 0.270 e. The van der Waals surface area contributed by atoms with Crippen LogP contribution in [-0.2, 0) is 4.79 Å². The molecule has 2 aromatic heterocycles. The minimum absolute atomic E-state index is 0.0266. The molecule has 3 heterocycles. The lowest BCUT2D eigenvalue weighted by atomic mass is 9.71. The Morgan fingerprint density at radius 1 is 1.21 bits per heavy atom.